The molecule has 0 saturated heterocycles. The lowest BCUT2D eigenvalue weighted by Gasteiger charge is -2.45. The second-order valence-corrected chi connectivity index (χ2v) is 15.9. The highest BCUT2D eigenvalue weighted by molar-refractivity contribution is 8.58. The Bertz CT molecular complexity index is 901. The second-order valence-electron chi connectivity index (χ2n) is 8.36. The van der Waals surface area contributed by atoms with E-state index in [-0.39, 0.29) is 0 Å². The molecule has 0 radical (unpaired) electrons. The molecule has 0 fully saturated rings. The zero-order valence-electron chi connectivity index (χ0n) is 14.9. The van der Waals surface area contributed by atoms with E-state index in [4.69, 9.17) is 0 Å². The number of hydrogen-bond acceptors (Lipinski definition) is 1. The van der Waals surface area contributed by atoms with E-state index in [1.807, 2.05) is 18.2 Å². The SMILES string of the molecule is C[SH](C)(C)(C)C(=O)c1ccccc1Cc1cccc2ccccc12. The van der Waals surface area contributed by atoms with Crippen molar-refractivity contribution in [2.45, 2.75) is 6.42 Å². The first-order valence-corrected chi connectivity index (χ1v) is 12.3. The van der Waals surface area contributed by atoms with Crippen LogP contribution in [0, 0.1) is 0 Å². The average Bonchev–Trinajstić information content (AvgIpc) is 2.53. The molecule has 1 nitrogen and oxygen atoms in total. The van der Waals surface area contributed by atoms with Gasteiger partial charge in [-0.2, -0.15) is 0 Å². The van der Waals surface area contributed by atoms with Crippen molar-refractivity contribution in [1.82, 2.24) is 0 Å². The number of thiol groups is 1. The number of hydrogen-bond donors (Lipinski definition) is 1. The maximum atomic E-state index is 13.1. The molecule has 0 aliphatic rings. The molecule has 0 unspecified atom stereocenters. The summed E-state index contributed by atoms with van der Waals surface area (Å²) in [5.41, 5.74) is 3.28. The van der Waals surface area contributed by atoms with Crippen LogP contribution in [-0.2, 0) is 6.42 Å². The molecule has 0 aliphatic carbocycles. The first-order valence-electron chi connectivity index (χ1n) is 8.32. The Morgan fingerprint density at radius 3 is 2.08 bits per heavy atom. The zero-order chi connectivity index (χ0) is 17.4. The highest BCUT2D eigenvalue weighted by Gasteiger charge is 2.30. The predicted molar refractivity (Wildman–Crippen MR) is 110 cm³/mol. The van der Waals surface area contributed by atoms with E-state index in [9.17, 15) is 4.79 Å². The molecule has 0 bridgehead atoms. The van der Waals surface area contributed by atoms with Gasteiger partial charge in [0.1, 0.15) is 0 Å². The van der Waals surface area contributed by atoms with Gasteiger partial charge in [-0.1, -0.05) is 66.7 Å². The highest BCUT2D eigenvalue weighted by atomic mass is 32.3. The molecule has 0 saturated carbocycles. The quantitative estimate of drug-likeness (QED) is 0.653. The number of carbonyl (C=O) groups is 1. The van der Waals surface area contributed by atoms with Crippen molar-refractivity contribution >= 4 is 25.0 Å². The molecule has 126 valence electrons. The summed E-state index contributed by atoms with van der Waals surface area (Å²) in [7, 11) is -2.31. The second kappa shape index (κ2) is 5.78. The Kier molecular flexibility index (Phi) is 4.05. The molecular formula is C22H26OS. The van der Waals surface area contributed by atoms with Crippen molar-refractivity contribution in [3.8, 4) is 0 Å². The van der Waals surface area contributed by atoms with Gasteiger partial charge in [-0.25, -0.2) is 9.16 Å². The monoisotopic (exact) mass is 338 g/mol. The summed E-state index contributed by atoms with van der Waals surface area (Å²) in [4.78, 5) is 13.1. The topological polar surface area (TPSA) is 17.1 Å². The Morgan fingerprint density at radius 2 is 1.33 bits per heavy atom. The average molecular weight is 339 g/mol. The van der Waals surface area contributed by atoms with E-state index in [2.05, 4.69) is 73.6 Å². The maximum Gasteiger partial charge on any atom is 0.187 e. The zero-order valence-corrected chi connectivity index (χ0v) is 15.8. The summed E-state index contributed by atoms with van der Waals surface area (Å²) in [6, 6.07) is 22.9. The lowest BCUT2D eigenvalue weighted by molar-refractivity contribution is 0.108. The summed E-state index contributed by atoms with van der Waals surface area (Å²) in [6.07, 6.45) is 9.30. The van der Waals surface area contributed by atoms with Crippen LogP contribution in [0.25, 0.3) is 10.8 Å². The lowest BCUT2D eigenvalue weighted by Crippen LogP contribution is -2.23. The van der Waals surface area contributed by atoms with E-state index >= 15 is 0 Å². The standard InChI is InChI=1S/C22H26OS/c1-24(2,3,4)22(23)21-15-8-6-11-19(21)16-18-13-9-12-17-10-5-7-14-20(17)18/h5-15,24H,16H2,1-4H3. The van der Waals surface area contributed by atoms with Crippen molar-refractivity contribution in [1.29, 1.82) is 0 Å². The van der Waals surface area contributed by atoms with Gasteiger partial charge in [-0.3, -0.25) is 4.79 Å². The van der Waals surface area contributed by atoms with Crippen LogP contribution in [0.1, 0.15) is 21.5 Å². The minimum absolute atomic E-state index is 0.317. The third-order valence-electron chi connectivity index (χ3n) is 4.32. The van der Waals surface area contributed by atoms with Gasteiger partial charge in [0.05, 0.1) is 0 Å². The number of fused-ring (bicyclic) bond motifs is 1. The number of rotatable bonds is 3. The van der Waals surface area contributed by atoms with Crippen LogP contribution in [-0.4, -0.2) is 30.1 Å². The van der Waals surface area contributed by atoms with Crippen molar-refractivity contribution in [2.75, 3.05) is 25.0 Å². The van der Waals surface area contributed by atoms with Crippen LogP contribution < -0.4 is 0 Å². The predicted octanol–water partition coefficient (Wildman–Crippen LogP) is 5.16. The van der Waals surface area contributed by atoms with E-state index in [0.29, 0.717) is 5.12 Å². The van der Waals surface area contributed by atoms with Crippen molar-refractivity contribution in [2.24, 2.45) is 0 Å². The van der Waals surface area contributed by atoms with E-state index in [1.54, 1.807) is 0 Å². The van der Waals surface area contributed by atoms with Gasteiger partial charge in [-0.15, -0.1) is 0 Å². The molecule has 2 heteroatoms. The van der Waals surface area contributed by atoms with Gasteiger partial charge in [0.15, 0.2) is 5.12 Å². The summed E-state index contributed by atoms with van der Waals surface area (Å²) < 4.78 is 0. The molecule has 0 aromatic heterocycles. The highest BCUT2D eigenvalue weighted by Crippen LogP contribution is 2.58. The number of benzene rings is 3. The first-order chi connectivity index (χ1) is 11.2. The summed E-state index contributed by atoms with van der Waals surface area (Å²) in [5.74, 6) is 0. The molecule has 0 aliphatic heterocycles. The largest absolute Gasteiger partial charge is 0.285 e. The number of carbonyl (C=O) groups excluding carboxylic acids is 1. The molecule has 24 heavy (non-hydrogen) atoms. The van der Waals surface area contributed by atoms with Crippen LogP contribution in [0.3, 0.4) is 0 Å². The van der Waals surface area contributed by atoms with E-state index in [1.165, 1.54) is 16.3 Å². The first kappa shape index (κ1) is 16.8. The molecule has 0 spiro atoms. The molecule has 0 atom stereocenters. The smallest absolute Gasteiger partial charge is 0.187 e. The normalized spacial score (nSPS) is 13.4. The summed E-state index contributed by atoms with van der Waals surface area (Å²) in [6.45, 7) is 0. The van der Waals surface area contributed by atoms with E-state index in [0.717, 1.165) is 17.5 Å². The van der Waals surface area contributed by atoms with Gasteiger partial charge < -0.3 is 0 Å². The molecule has 3 aromatic carbocycles. The molecule has 0 heterocycles. The minimum Gasteiger partial charge on any atom is -0.285 e. The Hall–Kier alpha value is -2.06. The fraction of sp³-hybridized carbons (Fsp3) is 0.227. The third kappa shape index (κ3) is 3.39. The summed E-state index contributed by atoms with van der Waals surface area (Å²) in [5, 5.41) is 2.83. The van der Waals surface area contributed by atoms with Crippen molar-refractivity contribution in [3.63, 3.8) is 0 Å². The fourth-order valence-corrected chi connectivity index (χ4v) is 4.20. The fourth-order valence-electron chi connectivity index (χ4n) is 3.02. The minimum atomic E-state index is -2.31. The molecule has 0 amide bonds. The van der Waals surface area contributed by atoms with Gasteiger partial charge in [-0.05, 0) is 53.3 Å². The molecule has 3 rings (SSSR count). The maximum absolute atomic E-state index is 13.1. The lowest BCUT2D eigenvalue weighted by atomic mass is 9.96. The Labute approximate surface area is 145 Å². The Balaban J connectivity index is 2.07. The van der Waals surface area contributed by atoms with Gasteiger partial charge in [0.25, 0.3) is 0 Å². The third-order valence-corrected chi connectivity index (χ3v) is 6.19. The van der Waals surface area contributed by atoms with Gasteiger partial charge >= 0.3 is 0 Å². The van der Waals surface area contributed by atoms with Crippen LogP contribution in [0.2, 0.25) is 0 Å². The van der Waals surface area contributed by atoms with Gasteiger partial charge in [0.2, 0.25) is 0 Å². The molecular weight excluding hydrogens is 312 g/mol. The van der Waals surface area contributed by atoms with Crippen LogP contribution >= 0.6 is 9.16 Å². The Morgan fingerprint density at radius 1 is 0.750 bits per heavy atom. The van der Waals surface area contributed by atoms with Crippen molar-refractivity contribution < 1.29 is 4.79 Å². The van der Waals surface area contributed by atoms with Gasteiger partial charge in [0, 0.05) is 5.56 Å². The van der Waals surface area contributed by atoms with E-state index < -0.39 is 9.16 Å². The van der Waals surface area contributed by atoms with Crippen LogP contribution in [0.15, 0.2) is 66.7 Å². The van der Waals surface area contributed by atoms with Crippen molar-refractivity contribution in [3.05, 3.63) is 83.4 Å². The van der Waals surface area contributed by atoms with Crippen LogP contribution in [0.5, 0.6) is 0 Å². The molecule has 0 N–H and O–H groups in total. The molecule has 3 aromatic rings. The van der Waals surface area contributed by atoms with Crippen LogP contribution in [0.4, 0.5) is 0 Å². The summed E-state index contributed by atoms with van der Waals surface area (Å²) >= 11 is 0.